The lowest BCUT2D eigenvalue weighted by atomic mass is 10.1. The topological polar surface area (TPSA) is 52.7 Å². The van der Waals surface area contributed by atoms with Crippen molar-refractivity contribution in [2.75, 3.05) is 39.0 Å². The van der Waals surface area contributed by atoms with E-state index < -0.39 is 10.0 Å². The minimum atomic E-state index is -3.39. The predicted molar refractivity (Wildman–Crippen MR) is 86.0 cm³/mol. The maximum atomic E-state index is 12.7. The molecule has 1 aliphatic rings. The Labute approximate surface area is 128 Å². The second-order valence-corrected chi connectivity index (χ2v) is 7.82. The average molecular weight is 311 g/mol. The van der Waals surface area contributed by atoms with Crippen LogP contribution < -0.4 is 5.32 Å². The molecule has 0 radical (unpaired) electrons. The maximum Gasteiger partial charge on any atom is 0.243 e. The van der Waals surface area contributed by atoms with Crippen molar-refractivity contribution in [2.24, 2.45) is 5.92 Å². The Morgan fingerprint density at radius 3 is 2.33 bits per heavy atom. The van der Waals surface area contributed by atoms with Crippen LogP contribution in [0.15, 0.2) is 29.2 Å². The van der Waals surface area contributed by atoms with E-state index in [0.29, 0.717) is 23.9 Å². The summed E-state index contributed by atoms with van der Waals surface area (Å²) < 4.78 is 27.0. The molecule has 0 aromatic heterocycles. The summed E-state index contributed by atoms with van der Waals surface area (Å²) in [7, 11) is 0.614. The molecule has 0 bridgehead atoms. The van der Waals surface area contributed by atoms with Crippen molar-refractivity contribution in [1.82, 2.24) is 9.21 Å². The minimum absolute atomic E-state index is 0.279. The van der Waals surface area contributed by atoms with Crippen molar-refractivity contribution in [3.8, 4) is 0 Å². The fourth-order valence-corrected chi connectivity index (χ4v) is 4.43. The van der Waals surface area contributed by atoms with Crippen LogP contribution in [0.3, 0.4) is 0 Å². The van der Waals surface area contributed by atoms with Crippen molar-refractivity contribution in [3.63, 3.8) is 0 Å². The monoisotopic (exact) mass is 311 g/mol. The highest BCUT2D eigenvalue weighted by molar-refractivity contribution is 7.89. The molecule has 0 aliphatic carbocycles. The molecule has 1 aromatic rings. The SMILES string of the molecule is CCNc1ccc(S(=O)(=O)N2CC(C)C(N(C)C)C2)cc1. The predicted octanol–water partition coefficient (Wildman–Crippen LogP) is 1.69. The Kier molecular flexibility index (Phi) is 4.91. The highest BCUT2D eigenvalue weighted by atomic mass is 32.2. The van der Waals surface area contributed by atoms with Crippen LogP contribution in [0.2, 0.25) is 0 Å². The van der Waals surface area contributed by atoms with Gasteiger partial charge in [0.05, 0.1) is 4.90 Å². The van der Waals surface area contributed by atoms with Crippen molar-refractivity contribution in [2.45, 2.75) is 24.8 Å². The van der Waals surface area contributed by atoms with E-state index in [9.17, 15) is 8.42 Å². The lowest BCUT2D eigenvalue weighted by Crippen LogP contribution is -2.35. The normalized spacial score (nSPS) is 23.7. The van der Waals surface area contributed by atoms with Gasteiger partial charge < -0.3 is 10.2 Å². The highest BCUT2D eigenvalue weighted by Gasteiger charge is 2.37. The summed E-state index contributed by atoms with van der Waals surface area (Å²) in [4.78, 5) is 2.48. The maximum absolute atomic E-state index is 12.7. The lowest BCUT2D eigenvalue weighted by Gasteiger charge is -2.22. The first-order valence-corrected chi connectivity index (χ1v) is 8.80. The zero-order valence-electron chi connectivity index (χ0n) is 13.2. The van der Waals surface area contributed by atoms with Gasteiger partial charge >= 0.3 is 0 Å². The molecule has 1 aromatic carbocycles. The first-order chi connectivity index (χ1) is 9.86. The summed E-state index contributed by atoms with van der Waals surface area (Å²) in [6.45, 7) is 6.08. The van der Waals surface area contributed by atoms with Crippen LogP contribution >= 0.6 is 0 Å². The standard InChI is InChI=1S/C15H25N3O2S/c1-5-16-13-6-8-14(9-7-13)21(19,20)18-10-12(2)15(11-18)17(3)4/h6-9,12,15-16H,5,10-11H2,1-4H3. The van der Waals surface area contributed by atoms with Gasteiger partial charge in [-0.2, -0.15) is 4.31 Å². The molecule has 0 saturated carbocycles. The van der Waals surface area contributed by atoms with Crippen molar-refractivity contribution in [1.29, 1.82) is 0 Å². The molecule has 1 heterocycles. The molecule has 1 N–H and O–H groups in total. The van der Waals surface area contributed by atoms with E-state index in [2.05, 4.69) is 17.1 Å². The summed E-state index contributed by atoms with van der Waals surface area (Å²) in [6.07, 6.45) is 0. The van der Waals surface area contributed by atoms with Gasteiger partial charge in [0.25, 0.3) is 0 Å². The quantitative estimate of drug-likeness (QED) is 0.899. The third-order valence-corrected chi connectivity index (χ3v) is 5.92. The van der Waals surface area contributed by atoms with Gasteiger partial charge in [0.1, 0.15) is 0 Å². The van der Waals surface area contributed by atoms with Gasteiger partial charge in [-0.05, 0) is 51.2 Å². The van der Waals surface area contributed by atoms with Gasteiger partial charge in [-0.3, -0.25) is 0 Å². The summed E-state index contributed by atoms with van der Waals surface area (Å²) in [5.41, 5.74) is 0.942. The third kappa shape index (κ3) is 3.39. The summed E-state index contributed by atoms with van der Waals surface area (Å²) >= 11 is 0. The van der Waals surface area contributed by atoms with Crippen LogP contribution in [0.25, 0.3) is 0 Å². The Balaban J connectivity index is 2.19. The Hall–Kier alpha value is -1.11. The van der Waals surface area contributed by atoms with Crippen molar-refractivity contribution in [3.05, 3.63) is 24.3 Å². The molecule has 2 unspecified atom stereocenters. The second-order valence-electron chi connectivity index (χ2n) is 5.88. The smallest absolute Gasteiger partial charge is 0.243 e. The van der Waals surface area contributed by atoms with Crippen LogP contribution in [0.4, 0.5) is 5.69 Å². The summed E-state index contributed by atoms with van der Waals surface area (Å²) in [5, 5.41) is 3.17. The van der Waals surface area contributed by atoms with Gasteiger partial charge in [0.2, 0.25) is 10.0 Å². The molecule has 1 saturated heterocycles. The molecule has 6 heteroatoms. The molecule has 2 atom stereocenters. The van der Waals surface area contributed by atoms with E-state index in [4.69, 9.17) is 0 Å². The largest absolute Gasteiger partial charge is 0.385 e. The van der Waals surface area contributed by atoms with E-state index in [1.807, 2.05) is 33.2 Å². The second kappa shape index (κ2) is 6.34. The van der Waals surface area contributed by atoms with Crippen LogP contribution in [0.1, 0.15) is 13.8 Å². The average Bonchev–Trinajstić information content (AvgIpc) is 2.83. The summed E-state index contributed by atoms with van der Waals surface area (Å²) in [5.74, 6) is 0.343. The zero-order chi connectivity index (χ0) is 15.6. The van der Waals surface area contributed by atoms with E-state index in [0.717, 1.165) is 12.2 Å². The van der Waals surface area contributed by atoms with Gasteiger partial charge in [-0.15, -0.1) is 0 Å². The Morgan fingerprint density at radius 1 is 1.24 bits per heavy atom. The number of likely N-dealkylation sites (N-methyl/N-ethyl adjacent to an activating group) is 1. The van der Waals surface area contributed by atoms with Crippen LogP contribution in [0, 0.1) is 5.92 Å². The molecule has 1 aliphatic heterocycles. The zero-order valence-corrected chi connectivity index (χ0v) is 14.0. The number of rotatable bonds is 5. The molecule has 1 fully saturated rings. The minimum Gasteiger partial charge on any atom is -0.385 e. The number of nitrogens with zero attached hydrogens (tertiary/aromatic N) is 2. The first kappa shape index (κ1) is 16.3. The number of nitrogens with one attached hydrogen (secondary N) is 1. The number of benzene rings is 1. The van der Waals surface area contributed by atoms with E-state index in [1.54, 1.807) is 16.4 Å². The number of sulfonamides is 1. The highest BCUT2D eigenvalue weighted by Crippen LogP contribution is 2.27. The molecule has 2 rings (SSSR count). The molecule has 0 amide bonds. The van der Waals surface area contributed by atoms with Crippen molar-refractivity contribution < 1.29 is 8.42 Å². The van der Waals surface area contributed by atoms with Crippen LogP contribution in [-0.4, -0.2) is 57.4 Å². The Morgan fingerprint density at radius 2 is 1.86 bits per heavy atom. The number of hydrogen-bond donors (Lipinski definition) is 1. The molecular weight excluding hydrogens is 286 g/mol. The van der Waals surface area contributed by atoms with E-state index >= 15 is 0 Å². The summed E-state index contributed by atoms with van der Waals surface area (Å²) in [6, 6.07) is 7.28. The van der Waals surface area contributed by atoms with Crippen LogP contribution in [0.5, 0.6) is 0 Å². The van der Waals surface area contributed by atoms with Gasteiger partial charge in [-0.25, -0.2) is 8.42 Å². The molecule has 5 nitrogen and oxygen atoms in total. The third-order valence-electron chi connectivity index (χ3n) is 4.08. The number of anilines is 1. The first-order valence-electron chi connectivity index (χ1n) is 7.36. The fraction of sp³-hybridized carbons (Fsp3) is 0.600. The molecular formula is C15H25N3O2S. The molecule has 118 valence electrons. The van der Waals surface area contributed by atoms with E-state index in [1.165, 1.54) is 0 Å². The van der Waals surface area contributed by atoms with Crippen molar-refractivity contribution >= 4 is 15.7 Å². The lowest BCUT2D eigenvalue weighted by molar-refractivity contribution is 0.263. The molecule has 0 spiro atoms. The van der Waals surface area contributed by atoms with Gasteiger partial charge in [-0.1, -0.05) is 6.92 Å². The van der Waals surface area contributed by atoms with E-state index in [-0.39, 0.29) is 6.04 Å². The molecule has 21 heavy (non-hydrogen) atoms. The number of hydrogen-bond acceptors (Lipinski definition) is 4. The van der Waals surface area contributed by atoms with Crippen LogP contribution in [-0.2, 0) is 10.0 Å². The van der Waals surface area contributed by atoms with Gasteiger partial charge in [0, 0.05) is 31.4 Å². The van der Waals surface area contributed by atoms with Gasteiger partial charge in [0.15, 0.2) is 0 Å². The Bertz CT molecular complexity index is 569. The fourth-order valence-electron chi connectivity index (χ4n) is 2.87.